The average Bonchev–Trinajstić information content (AvgIpc) is 2.87. The van der Waals surface area contributed by atoms with Gasteiger partial charge in [-0.1, -0.05) is 44.7 Å². The zero-order valence-corrected chi connectivity index (χ0v) is 21.3. The number of hydrogen-bond donors (Lipinski definition) is 0. The van der Waals surface area contributed by atoms with Gasteiger partial charge in [0, 0.05) is 17.7 Å². The van der Waals surface area contributed by atoms with Crippen molar-refractivity contribution in [1.82, 2.24) is 0 Å². The zero-order chi connectivity index (χ0) is 28.3. The van der Waals surface area contributed by atoms with Gasteiger partial charge in [-0.2, -0.15) is 8.78 Å². The topological polar surface area (TPSA) is 9.23 Å². The van der Waals surface area contributed by atoms with Gasteiger partial charge in [0.2, 0.25) is 0 Å². The lowest BCUT2D eigenvalue weighted by molar-refractivity contribution is -0.189. The van der Waals surface area contributed by atoms with Crippen molar-refractivity contribution in [2.45, 2.75) is 70.3 Å². The molecule has 0 aliphatic heterocycles. The van der Waals surface area contributed by atoms with Gasteiger partial charge >= 0.3 is 6.11 Å². The summed E-state index contributed by atoms with van der Waals surface area (Å²) in [5.41, 5.74) is -1.56. The monoisotopic (exact) mass is 556 g/mol. The van der Waals surface area contributed by atoms with Gasteiger partial charge < -0.3 is 4.74 Å². The van der Waals surface area contributed by atoms with Gasteiger partial charge in [-0.25, -0.2) is 26.3 Å². The molecule has 0 aromatic heterocycles. The number of rotatable bonds is 9. The minimum atomic E-state index is -4.72. The number of alkyl halides is 2. The van der Waals surface area contributed by atoms with Gasteiger partial charge in [0.05, 0.1) is 0 Å². The van der Waals surface area contributed by atoms with Gasteiger partial charge in [-0.3, -0.25) is 0 Å². The van der Waals surface area contributed by atoms with Crippen LogP contribution in [0.3, 0.4) is 0 Å². The van der Waals surface area contributed by atoms with Gasteiger partial charge in [0.25, 0.3) is 0 Å². The molecule has 0 radical (unpaired) electrons. The van der Waals surface area contributed by atoms with Crippen LogP contribution in [0.2, 0.25) is 0 Å². The van der Waals surface area contributed by atoms with Crippen molar-refractivity contribution in [3.63, 3.8) is 0 Å². The first-order valence-corrected chi connectivity index (χ1v) is 13.0. The van der Waals surface area contributed by atoms with E-state index in [1.54, 1.807) is 6.07 Å². The van der Waals surface area contributed by atoms with Crippen molar-refractivity contribution in [3.05, 3.63) is 88.5 Å². The van der Waals surface area contributed by atoms with Crippen LogP contribution >= 0.6 is 0 Å². The molecule has 0 atom stereocenters. The molecule has 1 nitrogen and oxygen atoms in total. The largest absolute Gasteiger partial charge is 0.432 e. The highest BCUT2D eigenvalue weighted by molar-refractivity contribution is 5.65. The Bertz CT molecular complexity index is 1270. The highest BCUT2D eigenvalue weighted by Gasteiger charge is 2.41. The predicted octanol–water partition coefficient (Wildman–Crippen LogP) is 10.2. The number of halogens is 8. The van der Waals surface area contributed by atoms with E-state index in [4.69, 9.17) is 0 Å². The molecule has 0 heterocycles. The van der Waals surface area contributed by atoms with Gasteiger partial charge in [-0.05, 0) is 66.8 Å². The summed E-state index contributed by atoms with van der Waals surface area (Å²) in [6.07, 6.45) is 4.04. The molecule has 9 heteroatoms. The van der Waals surface area contributed by atoms with Gasteiger partial charge in [0.15, 0.2) is 17.5 Å². The van der Waals surface area contributed by atoms with Crippen LogP contribution < -0.4 is 4.74 Å². The third-order valence-electron chi connectivity index (χ3n) is 7.37. The molecule has 39 heavy (non-hydrogen) atoms. The first-order valence-electron chi connectivity index (χ1n) is 13.0. The Hall–Kier alpha value is -3.10. The lowest BCUT2D eigenvalue weighted by Crippen LogP contribution is -2.25. The molecule has 0 unspecified atom stereocenters. The Kier molecular flexibility index (Phi) is 8.86. The molecule has 1 fully saturated rings. The van der Waals surface area contributed by atoms with Crippen LogP contribution in [-0.2, 0) is 6.11 Å². The summed E-state index contributed by atoms with van der Waals surface area (Å²) in [6, 6.07) is 5.65. The van der Waals surface area contributed by atoms with Crippen molar-refractivity contribution in [2.24, 2.45) is 5.92 Å². The molecule has 1 aliphatic carbocycles. The lowest BCUT2D eigenvalue weighted by atomic mass is 9.77. The average molecular weight is 557 g/mol. The number of hydrogen-bond acceptors (Lipinski definition) is 1. The summed E-state index contributed by atoms with van der Waals surface area (Å²) in [5.74, 6) is -10.2. The Labute approximate surface area is 221 Å². The van der Waals surface area contributed by atoms with E-state index in [0.29, 0.717) is 18.1 Å². The molecule has 0 N–H and O–H groups in total. The van der Waals surface area contributed by atoms with Crippen LogP contribution in [0.25, 0.3) is 11.1 Å². The smallest absolute Gasteiger partial charge is 0.429 e. The van der Waals surface area contributed by atoms with E-state index in [9.17, 15) is 30.7 Å². The summed E-state index contributed by atoms with van der Waals surface area (Å²) in [5, 5.41) is 0. The highest BCUT2D eigenvalue weighted by Crippen LogP contribution is 2.40. The summed E-state index contributed by atoms with van der Waals surface area (Å²) < 4.78 is 118. The third-order valence-corrected chi connectivity index (χ3v) is 7.37. The Morgan fingerprint density at radius 3 is 1.92 bits per heavy atom. The van der Waals surface area contributed by atoms with Gasteiger partial charge in [-0.15, -0.1) is 0 Å². The molecule has 210 valence electrons. The van der Waals surface area contributed by atoms with E-state index in [0.717, 1.165) is 31.2 Å². The molecular formula is C30H28F8O. The van der Waals surface area contributed by atoms with Crippen LogP contribution in [0, 0.1) is 40.8 Å². The van der Waals surface area contributed by atoms with E-state index >= 15 is 4.39 Å². The van der Waals surface area contributed by atoms with Crippen molar-refractivity contribution >= 4 is 0 Å². The van der Waals surface area contributed by atoms with E-state index in [1.807, 2.05) is 0 Å². The minimum absolute atomic E-state index is 0.117. The molecule has 1 aliphatic rings. The lowest BCUT2D eigenvalue weighted by Gasteiger charge is -2.29. The van der Waals surface area contributed by atoms with Gasteiger partial charge in [0.1, 0.15) is 28.8 Å². The van der Waals surface area contributed by atoms with Crippen molar-refractivity contribution in [2.75, 3.05) is 0 Å². The second kappa shape index (κ2) is 12.0. The fraction of sp³-hybridized carbons (Fsp3) is 0.400. The van der Waals surface area contributed by atoms with Crippen LogP contribution in [0.5, 0.6) is 5.75 Å². The summed E-state index contributed by atoms with van der Waals surface area (Å²) >= 11 is 0. The Morgan fingerprint density at radius 2 is 1.36 bits per heavy atom. The van der Waals surface area contributed by atoms with E-state index in [-0.39, 0.29) is 29.2 Å². The molecule has 3 aromatic carbocycles. The fourth-order valence-corrected chi connectivity index (χ4v) is 5.28. The standard InChI is InChI=1S/C30H28F8O/c1-2-3-4-5-17-6-8-18(9-7-17)19-10-11-22(23(31)12-19)20-13-24(32)28(25(33)14-20)30(37,38)39-21-15-26(34)29(36)27(35)16-21/h10-18H,2-9H2,1H3. The second-order valence-electron chi connectivity index (χ2n) is 10.1. The fourth-order valence-electron chi connectivity index (χ4n) is 5.28. The predicted molar refractivity (Wildman–Crippen MR) is 131 cm³/mol. The number of unbranched alkanes of at least 4 members (excludes halogenated alkanes) is 2. The minimum Gasteiger partial charge on any atom is -0.429 e. The van der Waals surface area contributed by atoms with Crippen LogP contribution in [-0.4, -0.2) is 0 Å². The SMILES string of the molecule is CCCCCC1CCC(c2ccc(-c3cc(F)c(C(F)(F)Oc4cc(F)c(F)c(F)c4)c(F)c3)c(F)c2)CC1. The second-order valence-corrected chi connectivity index (χ2v) is 10.1. The highest BCUT2D eigenvalue weighted by atomic mass is 19.3. The number of ether oxygens (including phenoxy) is 1. The van der Waals surface area contributed by atoms with Crippen LogP contribution in [0.1, 0.15) is 75.3 Å². The quantitative estimate of drug-likeness (QED) is 0.145. The first-order chi connectivity index (χ1) is 18.5. The molecule has 0 amide bonds. The Balaban J connectivity index is 1.51. The van der Waals surface area contributed by atoms with Crippen molar-refractivity contribution in [1.29, 1.82) is 0 Å². The maximum atomic E-state index is 15.0. The molecule has 4 rings (SSSR count). The molecular weight excluding hydrogens is 528 g/mol. The van der Waals surface area contributed by atoms with E-state index < -0.39 is 52.3 Å². The molecule has 0 spiro atoms. The first kappa shape index (κ1) is 28.9. The van der Waals surface area contributed by atoms with E-state index in [2.05, 4.69) is 11.7 Å². The van der Waals surface area contributed by atoms with Crippen molar-refractivity contribution < 1.29 is 39.9 Å². The summed E-state index contributed by atoms with van der Waals surface area (Å²) in [4.78, 5) is 0. The molecule has 0 bridgehead atoms. The zero-order valence-electron chi connectivity index (χ0n) is 21.3. The normalized spacial score (nSPS) is 17.9. The maximum Gasteiger partial charge on any atom is 0.432 e. The van der Waals surface area contributed by atoms with Crippen LogP contribution in [0.15, 0.2) is 42.5 Å². The van der Waals surface area contributed by atoms with E-state index in [1.165, 1.54) is 37.8 Å². The Morgan fingerprint density at radius 1 is 0.744 bits per heavy atom. The van der Waals surface area contributed by atoms with Crippen molar-refractivity contribution in [3.8, 4) is 16.9 Å². The van der Waals surface area contributed by atoms with Crippen LogP contribution in [0.4, 0.5) is 35.1 Å². The summed E-state index contributed by atoms with van der Waals surface area (Å²) in [6.45, 7) is 2.17. The maximum absolute atomic E-state index is 15.0. The third kappa shape index (κ3) is 6.56. The summed E-state index contributed by atoms with van der Waals surface area (Å²) in [7, 11) is 0. The molecule has 0 saturated heterocycles. The molecule has 3 aromatic rings. The number of benzene rings is 3. The molecule has 1 saturated carbocycles.